The van der Waals surface area contributed by atoms with Crippen LogP contribution in [0, 0.1) is 0 Å². The van der Waals surface area contributed by atoms with Crippen molar-refractivity contribution in [2.45, 2.75) is 102 Å². The van der Waals surface area contributed by atoms with E-state index in [4.69, 9.17) is 18.9 Å². The molecular weight excluding hydrogens is 380 g/mol. The third-order valence-electron chi connectivity index (χ3n) is 5.13. The summed E-state index contributed by atoms with van der Waals surface area (Å²) in [6.45, 7) is 5.25. The van der Waals surface area contributed by atoms with Crippen LogP contribution in [0.1, 0.15) is 65.2 Å². The third-order valence-corrected chi connectivity index (χ3v) is 5.13. The maximum Gasteiger partial charge on any atom is 0.187 e. The standard InChI is InChI=1S/C21H42O8/c1-3-5-6-7-8-9-10-11-12-27-15-16(14-26-4-2)28-21-20(25)19(24)18(23)17(13-22)29-21/h16-25H,3-15H2,1-2H3/t16?,17-,18-,19+,20-,21?/m1/s1. The molecule has 1 aliphatic heterocycles. The lowest BCUT2D eigenvalue weighted by molar-refractivity contribution is -0.316. The Kier molecular flexibility index (Phi) is 15.1. The van der Waals surface area contributed by atoms with Gasteiger partial charge in [0, 0.05) is 13.2 Å². The molecule has 1 fully saturated rings. The van der Waals surface area contributed by atoms with Gasteiger partial charge in [-0.1, -0.05) is 51.9 Å². The van der Waals surface area contributed by atoms with E-state index >= 15 is 0 Å². The van der Waals surface area contributed by atoms with Gasteiger partial charge in [0.05, 0.1) is 19.8 Å². The van der Waals surface area contributed by atoms with Gasteiger partial charge in [-0.15, -0.1) is 0 Å². The highest BCUT2D eigenvalue weighted by Crippen LogP contribution is 2.23. The van der Waals surface area contributed by atoms with Gasteiger partial charge in [-0.25, -0.2) is 0 Å². The number of hydrogen-bond acceptors (Lipinski definition) is 8. The number of unbranched alkanes of at least 4 members (excludes halogenated alkanes) is 7. The highest BCUT2D eigenvalue weighted by atomic mass is 16.7. The third kappa shape index (κ3) is 10.5. The normalized spacial score (nSPS) is 28.6. The second kappa shape index (κ2) is 16.4. The van der Waals surface area contributed by atoms with E-state index < -0.39 is 43.4 Å². The first-order valence-electron chi connectivity index (χ1n) is 11.2. The predicted octanol–water partition coefficient (Wildman–Crippen LogP) is 1.37. The quantitative estimate of drug-likeness (QED) is 0.260. The van der Waals surface area contributed by atoms with Gasteiger partial charge in [0.25, 0.3) is 0 Å². The van der Waals surface area contributed by atoms with Crippen molar-refractivity contribution in [2.24, 2.45) is 0 Å². The molecule has 6 atom stereocenters. The molecule has 0 radical (unpaired) electrons. The molecule has 8 nitrogen and oxygen atoms in total. The summed E-state index contributed by atoms with van der Waals surface area (Å²) >= 11 is 0. The summed E-state index contributed by atoms with van der Waals surface area (Å²) in [5, 5.41) is 39.1. The van der Waals surface area contributed by atoms with Gasteiger partial charge in [-0.05, 0) is 13.3 Å². The molecule has 1 rings (SSSR count). The van der Waals surface area contributed by atoms with Crippen LogP contribution in [-0.2, 0) is 18.9 Å². The minimum absolute atomic E-state index is 0.253. The second-order valence-electron chi connectivity index (χ2n) is 7.66. The Bertz CT molecular complexity index is 382. The van der Waals surface area contributed by atoms with Crippen molar-refractivity contribution >= 4 is 0 Å². The summed E-state index contributed by atoms with van der Waals surface area (Å²) < 4.78 is 22.3. The summed E-state index contributed by atoms with van der Waals surface area (Å²) in [6, 6.07) is 0. The van der Waals surface area contributed by atoms with Crippen LogP contribution in [0.4, 0.5) is 0 Å². The molecule has 8 heteroatoms. The lowest BCUT2D eigenvalue weighted by Gasteiger charge is -2.40. The van der Waals surface area contributed by atoms with Crippen molar-refractivity contribution in [3.8, 4) is 0 Å². The minimum atomic E-state index is -1.46. The molecule has 174 valence electrons. The molecule has 0 spiro atoms. The van der Waals surface area contributed by atoms with Crippen LogP contribution in [0.2, 0.25) is 0 Å². The zero-order valence-electron chi connectivity index (χ0n) is 18.1. The van der Waals surface area contributed by atoms with E-state index in [-0.39, 0.29) is 13.2 Å². The summed E-state index contributed by atoms with van der Waals surface area (Å²) in [7, 11) is 0. The fourth-order valence-electron chi connectivity index (χ4n) is 3.30. The topological polar surface area (TPSA) is 118 Å². The van der Waals surface area contributed by atoms with E-state index in [0.717, 1.165) is 12.8 Å². The maximum absolute atomic E-state index is 10.1. The Morgan fingerprint density at radius 2 is 1.41 bits per heavy atom. The molecule has 2 unspecified atom stereocenters. The smallest absolute Gasteiger partial charge is 0.187 e. The van der Waals surface area contributed by atoms with Crippen molar-refractivity contribution in [2.75, 3.05) is 33.0 Å². The van der Waals surface area contributed by atoms with E-state index in [1.165, 1.54) is 38.5 Å². The average Bonchev–Trinajstić information content (AvgIpc) is 2.73. The van der Waals surface area contributed by atoms with Gasteiger partial charge in [0.2, 0.25) is 0 Å². The van der Waals surface area contributed by atoms with Gasteiger partial charge < -0.3 is 39.4 Å². The second-order valence-corrected chi connectivity index (χ2v) is 7.66. The molecule has 0 aromatic carbocycles. The number of rotatable bonds is 17. The van der Waals surface area contributed by atoms with Crippen LogP contribution in [0.3, 0.4) is 0 Å². The fourth-order valence-corrected chi connectivity index (χ4v) is 3.30. The Balaban J connectivity index is 2.30. The molecular formula is C21H42O8. The summed E-state index contributed by atoms with van der Waals surface area (Å²) in [6.07, 6.45) is 2.85. The molecule has 0 aromatic heterocycles. The van der Waals surface area contributed by atoms with Gasteiger partial charge in [-0.3, -0.25) is 0 Å². The van der Waals surface area contributed by atoms with E-state index in [1.807, 2.05) is 6.92 Å². The van der Waals surface area contributed by atoms with Crippen molar-refractivity contribution in [3.63, 3.8) is 0 Å². The van der Waals surface area contributed by atoms with Crippen molar-refractivity contribution in [1.29, 1.82) is 0 Å². The molecule has 1 aliphatic rings. The molecule has 0 saturated carbocycles. The van der Waals surface area contributed by atoms with Gasteiger partial charge >= 0.3 is 0 Å². The van der Waals surface area contributed by atoms with E-state index in [9.17, 15) is 20.4 Å². The first kappa shape index (κ1) is 26.7. The average molecular weight is 423 g/mol. The van der Waals surface area contributed by atoms with Crippen LogP contribution in [0.5, 0.6) is 0 Å². The van der Waals surface area contributed by atoms with Crippen LogP contribution >= 0.6 is 0 Å². The molecule has 0 aliphatic carbocycles. The van der Waals surface area contributed by atoms with Crippen LogP contribution in [0.15, 0.2) is 0 Å². The SMILES string of the molecule is CCCCCCCCCCOCC(COCC)OC1O[C@H](CO)[C@@H](O)[C@H](O)[C@H]1O. The Labute approximate surface area is 175 Å². The van der Waals surface area contributed by atoms with Gasteiger partial charge in [-0.2, -0.15) is 0 Å². The van der Waals surface area contributed by atoms with E-state index in [2.05, 4.69) is 6.92 Å². The predicted molar refractivity (Wildman–Crippen MR) is 109 cm³/mol. The highest BCUT2D eigenvalue weighted by molar-refractivity contribution is 4.89. The summed E-state index contributed by atoms with van der Waals surface area (Å²) in [5.41, 5.74) is 0. The minimum Gasteiger partial charge on any atom is -0.394 e. The van der Waals surface area contributed by atoms with Crippen LogP contribution in [-0.4, -0.2) is 90.3 Å². The van der Waals surface area contributed by atoms with Crippen molar-refractivity contribution < 1.29 is 39.4 Å². The van der Waals surface area contributed by atoms with Gasteiger partial charge in [0.15, 0.2) is 6.29 Å². The lowest BCUT2D eigenvalue weighted by Crippen LogP contribution is -2.60. The molecule has 29 heavy (non-hydrogen) atoms. The summed E-state index contributed by atoms with van der Waals surface area (Å²) in [4.78, 5) is 0. The Hall–Kier alpha value is -0.320. The molecule has 0 amide bonds. The zero-order valence-corrected chi connectivity index (χ0v) is 18.1. The van der Waals surface area contributed by atoms with Crippen molar-refractivity contribution in [3.05, 3.63) is 0 Å². The first-order chi connectivity index (χ1) is 14.0. The highest BCUT2D eigenvalue weighted by Gasteiger charge is 2.44. The molecule has 0 aromatic rings. The van der Waals surface area contributed by atoms with Crippen LogP contribution in [0.25, 0.3) is 0 Å². The van der Waals surface area contributed by atoms with Gasteiger partial charge in [0.1, 0.15) is 30.5 Å². The Morgan fingerprint density at radius 1 is 0.793 bits per heavy atom. The lowest BCUT2D eigenvalue weighted by atomic mass is 9.99. The molecule has 1 heterocycles. The number of aliphatic hydroxyl groups is 4. The largest absolute Gasteiger partial charge is 0.394 e. The molecule has 1 saturated heterocycles. The first-order valence-corrected chi connectivity index (χ1v) is 11.2. The molecule has 4 N–H and O–H groups in total. The van der Waals surface area contributed by atoms with Crippen LogP contribution < -0.4 is 0 Å². The van der Waals surface area contributed by atoms with E-state index in [1.54, 1.807) is 0 Å². The zero-order chi connectivity index (χ0) is 21.5. The summed E-state index contributed by atoms with van der Waals surface area (Å²) in [5.74, 6) is 0. The fraction of sp³-hybridized carbons (Fsp3) is 1.00. The number of hydrogen-bond donors (Lipinski definition) is 4. The molecule has 0 bridgehead atoms. The maximum atomic E-state index is 10.1. The Morgan fingerprint density at radius 3 is 2.03 bits per heavy atom. The number of aliphatic hydroxyl groups excluding tert-OH is 4. The number of ether oxygens (including phenoxy) is 4. The monoisotopic (exact) mass is 422 g/mol. The van der Waals surface area contributed by atoms with E-state index in [0.29, 0.717) is 13.2 Å². The van der Waals surface area contributed by atoms with Crippen molar-refractivity contribution in [1.82, 2.24) is 0 Å².